The molecule has 1 aromatic carbocycles. The van der Waals surface area contributed by atoms with E-state index in [9.17, 15) is 9.18 Å². The van der Waals surface area contributed by atoms with Gasteiger partial charge in [0.25, 0.3) is 0 Å². The predicted octanol–water partition coefficient (Wildman–Crippen LogP) is 3.04. The molecular formula is C25H27FN6O3. The first-order chi connectivity index (χ1) is 17.0. The lowest BCUT2D eigenvalue weighted by Crippen LogP contribution is -2.59. The van der Waals surface area contributed by atoms with Crippen LogP contribution in [0.5, 0.6) is 0 Å². The summed E-state index contributed by atoms with van der Waals surface area (Å²) in [5, 5.41) is 8.21. The van der Waals surface area contributed by atoms with Crippen molar-refractivity contribution in [2.45, 2.75) is 12.8 Å². The summed E-state index contributed by atoms with van der Waals surface area (Å²) in [6, 6.07) is 6.38. The van der Waals surface area contributed by atoms with E-state index in [1.54, 1.807) is 23.2 Å². The van der Waals surface area contributed by atoms with E-state index in [-0.39, 0.29) is 22.5 Å². The van der Waals surface area contributed by atoms with Crippen LogP contribution in [0.15, 0.2) is 36.7 Å². The highest BCUT2D eigenvalue weighted by Crippen LogP contribution is 2.41. The molecule has 35 heavy (non-hydrogen) atoms. The lowest BCUT2D eigenvalue weighted by Gasteiger charge is -2.48. The number of hydrogen-bond donors (Lipinski definition) is 1. The molecule has 4 aliphatic heterocycles. The molecule has 0 atom stereocenters. The van der Waals surface area contributed by atoms with Gasteiger partial charge in [0, 0.05) is 67.5 Å². The first-order valence-corrected chi connectivity index (χ1v) is 12.1. The zero-order valence-electron chi connectivity index (χ0n) is 19.4. The molecule has 4 aliphatic rings. The SMILES string of the molecule is O=C(Nc1ccc(F)c(-n2cc3cc(N4CC5(CCOC5)C4)cnc3n2)c1)N1CC2(CCOC2)C1. The number of carbonyl (C=O) groups excluding carboxylic acids is 1. The molecule has 2 amide bonds. The second kappa shape index (κ2) is 7.63. The van der Waals surface area contributed by atoms with Crippen LogP contribution in [0.25, 0.3) is 16.7 Å². The van der Waals surface area contributed by atoms with E-state index < -0.39 is 5.82 Å². The number of benzene rings is 1. The number of carbonyl (C=O) groups is 1. The fourth-order valence-electron chi connectivity index (χ4n) is 5.82. The van der Waals surface area contributed by atoms with Crippen LogP contribution in [-0.2, 0) is 9.47 Å². The summed E-state index contributed by atoms with van der Waals surface area (Å²) in [7, 11) is 0. The van der Waals surface area contributed by atoms with Crippen molar-refractivity contribution >= 4 is 28.4 Å². The van der Waals surface area contributed by atoms with Crippen LogP contribution in [0.2, 0.25) is 0 Å². The van der Waals surface area contributed by atoms with Crippen molar-refractivity contribution in [3.63, 3.8) is 0 Å². The number of pyridine rings is 1. The van der Waals surface area contributed by atoms with Gasteiger partial charge in [-0.05, 0) is 37.1 Å². The van der Waals surface area contributed by atoms with Crippen molar-refractivity contribution < 1.29 is 18.7 Å². The summed E-state index contributed by atoms with van der Waals surface area (Å²) < 4.78 is 27.3. The van der Waals surface area contributed by atoms with Crippen LogP contribution in [0.3, 0.4) is 0 Å². The Balaban J connectivity index is 1.08. The highest BCUT2D eigenvalue weighted by Gasteiger charge is 2.48. The number of likely N-dealkylation sites (tertiary alicyclic amines) is 1. The number of nitrogens with one attached hydrogen (secondary N) is 1. The Morgan fingerprint density at radius 3 is 2.49 bits per heavy atom. The largest absolute Gasteiger partial charge is 0.381 e. The van der Waals surface area contributed by atoms with E-state index in [0.29, 0.717) is 31.0 Å². The van der Waals surface area contributed by atoms with E-state index in [0.717, 1.165) is 56.8 Å². The third-order valence-corrected chi connectivity index (χ3v) is 7.92. The third kappa shape index (κ3) is 3.54. The molecule has 1 N–H and O–H groups in total. The number of anilines is 2. The van der Waals surface area contributed by atoms with Crippen LogP contribution in [0.1, 0.15) is 12.8 Å². The van der Waals surface area contributed by atoms with E-state index >= 15 is 0 Å². The fourth-order valence-corrected chi connectivity index (χ4v) is 5.82. The molecule has 0 radical (unpaired) electrons. The zero-order chi connectivity index (χ0) is 23.6. The summed E-state index contributed by atoms with van der Waals surface area (Å²) in [5.41, 5.74) is 2.77. The van der Waals surface area contributed by atoms with Crippen LogP contribution < -0.4 is 10.2 Å². The Labute approximate surface area is 201 Å². The highest BCUT2D eigenvalue weighted by atomic mass is 19.1. The Hall–Kier alpha value is -3.24. The molecule has 6 heterocycles. The minimum atomic E-state index is -0.423. The van der Waals surface area contributed by atoms with Crippen molar-refractivity contribution in [3.8, 4) is 5.69 Å². The molecule has 0 saturated carbocycles. The Morgan fingerprint density at radius 1 is 1.03 bits per heavy atom. The van der Waals surface area contributed by atoms with E-state index in [2.05, 4.69) is 20.3 Å². The van der Waals surface area contributed by atoms with Gasteiger partial charge in [0.15, 0.2) is 5.65 Å². The Bertz CT molecular complexity index is 1300. The maximum atomic E-state index is 14.8. The van der Waals surface area contributed by atoms with Crippen molar-refractivity contribution in [2.75, 3.05) is 62.8 Å². The molecule has 4 saturated heterocycles. The maximum Gasteiger partial charge on any atom is 0.321 e. The van der Waals surface area contributed by atoms with Crippen molar-refractivity contribution in [1.29, 1.82) is 0 Å². The molecule has 2 aromatic heterocycles. The number of halogens is 1. The molecule has 10 heteroatoms. The molecule has 0 unspecified atom stereocenters. The number of urea groups is 1. The molecule has 182 valence electrons. The standard InChI is InChI=1S/C25H27FN6O3/c26-20-2-1-18(28-23(33)31-13-25(14-31)4-6-35-16-25)8-21(20)32-10-17-7-19(9-27-22(17)29-32)30-11-24(12-30)3-5-34-15-24/h1-2,7-10H,3-6,11-16H2,(H,28,33). The molecule has 0 aliphatic carbocycles. The molecule has 3 aromatic rings. The summed E-state index contributed by atoms with van der Waals surface area (Å²) >= 11 is 0. The summed E-state index contributed by atoms with van der Waals surface area (Å²) in [5.74, 6) is -0.423. The van der Waals surface area contributed by atoms with Crippen LogP contribution in [-0.4, -0.2) is 78.3 Å². The van der Waals surface area contributed by atoms with E-state index in [1.807, 2.05) is 12.3 Å². The van der Waals surface area contributed by atoms with Crippen molar-refractivity contribution in [3.05, 3.63) is 42.5 Å². The Kier molecular flexibility index (Phi) is 4.59. The minimum absolute atomic E-state index is 0.119. The lowest BCUT2D eigenvalue weighted by molar-refractivity contribution is 0.0255. The molecular weight excluding hydrogens is 451 g/mol. The van der Waals surface area contributed by atoms with Crippen LogP contribution in [0.4, 0.5) is 20.6 Å². The Morgan fingerprint density at radius 2 is 1.77 bits per heavy atom. The highest BCUT2D eigenvalue weighted by molar-refractivity contribution is 5.90. The molecule has 0 bridgehead atoms. The van der Waals surface area contributed by atoms with Gasteiger partial charge in [0.05, 0.1) is 25.1 Å². The van der Waals surface area contributed by atoms with Crippen molar-refractivity contribution in [2.24, 2.45) is 10.8 Å². The first-order valence-electron chi connectivity index (χ1n) is 12.1. The number of nitrogens with zero attached hydrogens (tertiary/aromatic N) is 5. The van der Waals surface area contributed by atoms with Gasteiger partial charge in [0.2, 0.25) is 0 Å². The number of hydrogen-bond acceptors (Lipinski definition) is 6. The smallest absolute Gasteiger partial charge is 0.321 e. The fraction of sp³-hybridized carbons (Fsp3) is 0.480. The van der Waals surface area contributed by atoms with Gasteiger partial charge < -0.3 is 24.6 Å². The van der Waals surface area contributed by atoms with Gasteiger partial charge in [-0.1, -0.05) is 0 Å². The van der Waals surface area contributed by atoms with Gasteiger partial charge in [0.1, 0.15) is 11.5 Å². The van der Waals surface area contributed by atoms with Crippen molar-refractivity contribution in [1.82, 2.24) is 19.7 Å². The molecule has 4 fully saturated rings. The number of amides is 2. The molecule has 7 rings (SSSR count). The van der Waals surface area contributed by atoms with Gasteiger partial charge in [-0.3, -0.25) is 0 Å². The normalized spacial score (nSPS) is 22.1. The lowest BCUT2D eigenvalue weighted by atomic mass is 9.79. The van der Waals surface area contributed by atoms with Gasteiger partial charge in [-0.2, -0.15) is 0 Å². The quantitative estimate of drug-likeness (QED) is 0.623. The summed E-state index contributed by atoms with van der Waals surface area (Å²) in [6.07, 6.45) is 5.71. The van der Waals surface area contributed by atoms with E-state index in [4.69, 9.17) is 9.47 Å². The van der Waals surface area contributed by atoms with Gasteiger partial charge >= 0.3 is 6.03 Å². The van der Waals surface area contributed by atoms with Gasteiger partial charge in [-0.15, -0.1) is 5.10 Å². The summed E-state index contributed by atoms with van der Waals surface area (Å²) in [6.45, 7) is 6.47. The van der Waals surface area contributed by atoms with Crippen LogP contribution >= 0.6 is 0 Å². The average molecular weight is 479 g/mol. The number of rotatable bonds is 3. The summed E-state index contributed by atoms with van der Waals surface area (Å²) in [4.78, 5) is 21.2. The maximum absolute atomic E-state index is 14.8. The second-order valence-corrected chi connectivity index (χ2v) is 10.6. The topological polar surface area (TPSA) is 84.8 Å². The average Bonchev–Trinajstić information content (AvgIpc) is 3.56. The number of aromatic nitrogens is 3. The minimum Gasteiger partial charge on any atom is -0.381 e. The predicted molar refractivity (Wildman–Crippen MR) is 127 cm³/mol. The number of fused-ring (bicyclic) bond motifs is 1. The molecule has 2 spiro atoms. The first kappa shape index (κ1) is 21.1. The monoisotopic (exact) mass is 478 g/mol. The third-order valence-electron chi connectivity index (χ3n) is 7.92. The second-order valence-electron chi connectivity index (χ2n) is 10.6. The zero-order valence-corrected chi connectivity index (χ0v) is 19.4. The molecule has 9 nitrogen and oxygen atoms in total. The number of ether oxygens (including phenoxy) is 2. The van der Waals surface area contributed by atoms with E-state index in [1.165, 1.54) is 10.7 Å². The van der Waals surface area contributed by atoms with Gasteiger partial charge in [-0.25, -0.2) is 18.9 Å². The van der Waals surface area contributed by atoms with Crippen LogP contribution in [0, 0.1) is 16.6 Å².